The summed E-state index contributed by atoms with van der Waals surface area (Å²) in [5.41, 5.74) is 2.30. The molecule has 7 heteroatoms. The average molecular weight is 442 g/mol. The third kappa shape index (κ3) is 4.05. The van der Waals surface area contributed by atoms with Crippen molar-refractivity contribution in [3.05, 3.63) is 62.5 Å². The number of amides is 1. The van der Waals surface area contributed by atoms with Crippen LogP contribution in [-0.4, -0.2) is 27.7 Å². The molecule has 0 bridgehead atoms. The van der Waals surface area contributed by atoms with Gasteiger partial charge in [-0.25, -0.2) is 4.98 Å². The summed E-state index contributed by atoms with van der Waals surface area (Å²) in [6, 6.07) is 10.5. The van der Waals surface area contributed by atoms with E-state index in [1.54, 1.807) is 11.3 Å². The minimum Gasteiger partial charge on any atom is -0.354 e. The number of H-pyrrole nitrogens is 1. The number of nitrogens with one attached hydrogen (secondary N) is 2. The van der Waals surface area contributed by atoms with Gasteiger partial charge in [-0.2, -0.15) is 0 Å². The summed E-state index contributed by atoms with van der Waals surface area (Å²) in [4.78, 5) is 34.5. The van der Waals surface area contributed by atoms with Crippen molar-refractivity contribution in [1.82, 2.24) is 15.3 Å². The molecule has 0 radical (unpaired) electrons. The molecule has 1 unspecified atom stereocenters. The first-order chi connectivity index (χ1) is 14.4. The monoisotopic (exact) mass is 441 g/mol. The summed E-state index contributed by atoms with van der Waals surface area (Å²) >= 11 is 3.04. The summed E-state index contributed by atoms with van der Waals surface area (Å²) in [7, 11) is 0. The number of thioether (sulfide) groups is 1. The molecule has 1 amide bonds. The van der Waals surface area contributed by atoms with Crippen molar-refractivity contribution in [3.8, 4) is 0 Å². The summed E-state index contributed by atoms with van der Waals surface area (Å²) < 4.78 is 0. The molecule has 1 aliphatic rings. The number of hydrogen-bond donors (Lipinski definition) is 2. The third-order valence-electron chi connectivity index (χ3n) is 6.23. The van der Waals surface area contributed by atoms with Crippen LogP contribution in [0.4, 0.5) is 0 Å². The highest BCUT2D eigenvalue weighted by Crippen LogP contribution is 2.43. The lowest BCUT2D eigenvalue weighted by Crippen LogP contribution is -2.47. The maximum atomic E-state index is 12.7. The van der Waals surface area contributed by atoms with E-state index < -0.39 is 0 Å². The van der Waals surface area contributed by atoms with Gasteiger partial charge in [0.1, 0.15) is 10.7 Å². The minimum atomic E-state index is -0.217. The van der Waals surface area contributed by atoms with E-state index in [0.29, 0.717) is 23.5 Å². The molecule has 0 saturated heterocycles. The molecule has 1 saturated carbocycles. The number of carbonyl (C=O) groups excluding carboxylic acids is 1. The Balaban J connectivity index is 1.36. The molecule has 158 valence electrons. The lowest BCUT2D eigenvalue weighted by atomic mass is 9.64. The number of rotatable bonds is 7. The largest absolute Gasteiger partial charge is 0.354 e. The standard InChI is InChI=1S/C23H27N3O2S2/c1-14-15(2)30-22-19(14)21(28)25-18(26-22)12-29-16(3)20(27)24-13-23(10-7-11-23)17-8-5-4-6-9-17/h4-6,8-9,16H,7,10-13H2,1-3H3,(H,24,27)(H,25,26,28). The Morgan fingerprint density at radius 1 is 1.30 bits per heavy atom. The number of benzene rings is 1. The number of aromatic nitrogens is 2. The highest BCUT2D eigenvalue weighted by molar-refractivity contribution is 7.99. The molecular formula is C23H27N3O2S2. The van der Waals surface area contributed by atoms with Crippen LogP contribution >= 0.6 is 23.1 Å². The Hall–Kier alpha value is -2.12. The van der Waals surface area contributed by atoms with Gasteiger partial charge >= 0.3 is 0 Å². The SMILES string of the molecule is Cc1sc2nc(CSC(C)C(=O)NCC3(c4ccccc4)CCC3)[nH]c(=O)c2c1C. The number of aryl methyl sites for hydroxylation is 2. The van der Waals surface area contributed by atoms with Crippen LogP contribution in [0.3, 0.4) is 0 Å². The van der Waals surface area contributed by atoms with Gasteiger partial charge in [0.25, 0.3) is 5.56 Å². The van der Waals surface area contributed by atoms with E-state index in [9.17, 15) is 9.59 Å². The van der Waals surface area contributed by atoms with E-state index in [-0.39, 0.29) is 22.1 Å². The number of nitrogens with zero attached hydrogens (tertiary/aromatic N) is 1. The summed E-state index contributed by atoms with van der Waals surface area (Å²) in [5.74, 6) is 1.16. The van der Waals surface area contributed by atoms with Crippen LogP contribution < -0.4 is 10.9 Å². The second-order valence-corrected chi connectivity index (χ2v) is 10.7. The fourth-order valence-electron chi connectivity index (χ4n) is 4.01. The second-order valence-electron chi connectivity index (χ2n) is 8.15. The Bertz CT molecular complexity index is 1120. The van der Waals surface area contributed by atoms with Crippen molar-refractivity contribution in [1.29, 1.82) is 0 Å². The zero-order valence-electron chi connectivity index (χ0n) is 17.6. The third-order valence-corrected chi connectivity index (χ3v) is 8.48. The van der Waals surface area contributed by atoms with Crippen LogP contribution in [0.15, 0.2) is 35.1 Å². The topological polar surface area (TPSA) is 74.8 Å². The normalized spacial score (nSPS) is 16.2. The van der Waals surface area contributed by atoms with Crippen molar-refractivity contribution >= 4 is 39.2 Å². The van der Waals surface area contributed by atoms with Crippen LogP contribution in [0, 0.1) is 13.8 Å². The van der Waals surface area contributed by atoms with Gasteiger partial charge in [0.15, 0.2) is 0 Å². The van der Waals surface area contributed by atoms with E-state index in [2.05, 4.69) is 39.6 Å². The molecule has 4 rings (SSSR count). The number of carbonyl (C=O) groups is 1. The average Bonchev–Trinajstić information content (AvgIpc) is 3.00. The summed E-state index contributed by atoms with van der Waals surface area (Å²) in [5, 5.41) is 3.63. The molecule has 1 aromatic carbocycles. The molecule has 1 aliphatic carbocycles. The lowest BCUT2D eigenvalue weighted by Gasteiger charge is -2.42. The van der Waals surface area contributed by atoms with Gasteiger partial charge in [0.2, 0.25) is 5.91 Å². The quantitative estimate of drug-likeness (QED) is 0.568. The molecule has 2 N–H and O–H groups in total. The van der Waals surface area contributed by atoms with Gasteiger partial charge in [-0.15, -0.1) is 23.1 Å². The van der Waals surface area contributed by atoms with Crippen LogP contribution in [0.2, 0.25) is 0 Å². The zero-order valence-corrected chi connectivity index (χ0v) is 19.2. The molecule has 0 spiro atoms. The van der Waals surface area contributed by atoms with Crippen molar-refractivity contribution < 1.29 is 4.79 Å². The molecule has 2 heterocycles. The zero-order chi connectivity index (χ0) is 21.3. The van der Waals surface area contributed by atoms with Crippen LogP contribution in [0.1, 0.15) is 48.0 Å². The van der Waals surface area contributed by atoms with Crippen molar-refractivity contribution in [3.63, 3.8) is 0 Å². The van der Waals surface area contributed by atoms with Gasteiger partial charge in [0, 0.05) is 16.8 Å². The van der Waals surface area contributed by atoms with Gasteiger partial charge in [-0.05, 0) is 44.7 Å². The Kier molecular flexibility index (Phi) is 6.02. The van der Waals surface area contributed by atoms with Crippen molar-refractivity contribution in [2.75, 3.05) is 6.54 Å². The Labute approximate surface area is 184 Å². The summed E-state index contributed by atoms with van der Waals surface area (Å²) in [6.07, 6.45) is 3.44. The number of fused-ring (bicyclic) bond motifs is 1. The van der Waals surface area contributed by atoms with E-state index >= 15 is 0 Å². The maximum Gasteiger partial charge on any atom is 0.259 e. The molecule has 30 heavy (non-hydrogen) atoms. The molecule has 1 fully saturated rings. The van der Waals surface area contributed by atoms with Crippen LogP contribution in [-0.2, 0) is 16.0 Å². The van der Waals surface area contributed by atoms with Crippen molar-refractivity contribution in [2.45, 2.75) is 56.5 Å². The Morgan fingerprint density at radius 2 is 2.03 bits per heavy atom. The molecule has 5 nitrogen and oxygen atoms in total. The number of thiophene rings is 1. The Morgan fingerprint density at radius 3 is 2.70 bits per heavy atom. The first-order valence-corrected chi connectivity index (χ1v) is 12.2. The first-order valence-electron chi connectivity index (χ1n) is 10.3. The minimum absolute atomic E-state index is 0.0356. The van der Waals surface area contributed by atoms with E-state index in [4.69, 9.17) is 0 Å². The molecule has 2 aromatic heterocycles. The molecular weight excluding hydrogens is 414 g/mol. The predicted octanol–water partition coefficient (Wildman–Crippen LogP) is 4.46. The predicted molar refractivity (Wildman–Crippen MR) is 125 cm³/mol. The molecule has 0 aliphatic heterocycles. The fourth-order valence-corrected chi connectivity index (χ4v) is 5.84. The second kappa shape index (κ2) is 8.55. The highest BCUT2D eigenvalue weighted by atomic mass is 32.2. The number of hydrogen-bond acceptors (Lipinski definition) is 5. The molecule has 1 atom stereocenters. The van der Waals surface area contributed by atoms with E-state index in [1.165, 1.54) is 23.7 Å². The fraction of sp³-hybridized carbons (Fsp3) is 0.435. The summed E-state index contributed by atoms with van der Waals surface area (Å²) in [6.45, 7) is 6.55. The van der Waals surface area contributed by atoms with Gasteiger partial charge in [-0.1, -0.05) is 36.8 Å². The van der Waals surface area contributed by atoms with Crippen LogP contribution in [0.25, 0.3) is 10.2 Å². The maximum absolute atomic E-state index is 12.7. The van der Waals surface area contributed by atoms with Crippen molar-refractivity contribution in [2.24, 2.45) is 0 Å². The van der Waals surface area contributed by atoms with Gasteiger partial charge in [-0.3, -0.25) is 9.59 Å². The number of aromatic amines is 1. The van der Waals surface area contributed by atoms with Gasteiger partial charge < -0.3 is 10.3 Å². The first kappa shape index (κ1) is 21.1. The smallest absolute Gasteiger partial charge is 0.259 e. The van der Waals surface area contributed by atoms with Gasteiger partial charge in [0.05, 0.1) is 16.4 Å². The lowest BCUT2D eigenvalue weighted by molar-refractivity contribution is -0.120. The highest BCUT2D eigenvalue weighted by Gasteiger charge is 2.38. The van der Waals surface area contributed by atoms with Crippen LogP contribution in [0.5, 0.6) is 0 Å². The van der Waals surface area contributed by atoms with E-state index in [1.807, 2.05) is 26.8 Å². The van der Waals surface area contributed by atoms with E-state index in [0.717, 1.165) is 28.1 Å². The molecule has 3 aromatic rings.